The number of aliphatic hydroxyl groups is 1. The normalized spacial score (nSPS) is 19.1. The Morgan fingerprint density at radius 3 is 2.94 bits per heavy atom. The molecule has 0 saturated carbocycles. The minimum atomic E-state index is -1.13. The Balaban J connectivity index is 1.41. The van der Waals surface area contributed by atoms with Gasteiger partial charge in [-0.25, -0.2) is 14.8 Å². The first-order valence-corrected chi connectivity index (χ1v) is 11.4. The summed E-state index contributed by atoms with van der Waals surface area (Å²) >= 11 is 0. The van der Waals surface area contributed by atoms with Crippen LogP contribution in [-0.2, 0) is 22.4 Å². The Labute approximate surface area is 207 Å². The zero-order chi connectivity index (χ0) is 25.7. The fourth-order valence-electron chi connectivity index (χ4n) is 3.88. The highest BCUT2D eigenvalue weighted by Crippen LogP contribution is 2.27. The van der Waals surface area contributed by atoms with E-state index in [1.807, 2.05) is 12.1 Å². The van der Waals surface area contributed by atoms with E-state index >= 15 is 0 Å². The van der Waals surface area contributed by atoms with Gasteiger partial charge in [-0.05, 0) is 48.4 Å². The van der Waals surface area contributed by atoms with E-state index in [1.165, 1.54) is 23.5 Å². The number of halogens is 1. The number of aliphatic imine (C=N–C) groups is 1. The van der Waals surface area contributed by atoms with Crippen LogP contribution in [-0.4, -0.2) is 60.1 Å². The molecule has 4 N–H and O–H groups in total. The molecule has 3 heterocycles. The van der Waals surface area contributed by atoms with Gasteiger partial charge in [-0.15, -0.1) is 0 Å². The lowest BCUT2D eigenvalue weighted by Crippen LogP contribution is -2.48. The standard InChI is InChI=1S/C26H26FN5O4/c1-32-22-12-17(8-9-26(35)15-36-16-26)4-5-19(22)6-7-21(24(32)33)31-25(34)30-14-18(13-28)11-20-3-2-10-29-23(20)27/h2-5,10,12-14,21,35H,6-7,11,15-16,28H2,1H3,(H,31,34). The number of carbonyl (C=O) groups excluding carboxylic acids is 2. The number of urea groups is 1. The molecule has 0 radical (unpaired) electrons. The number of nitrogens with two attached hydrogens (primary N) is 1. The molecule has 186 valence electrons. The van der Waals surface area contributed by atoms with Crippen molar-refractivity contribution in [1.82, 2.24) is 10.3 Å². The van der Waals surface area contributed by atoms with Gasteiger partial charge in [-0.3, -0.25) is 4.79 Å². The Hall–Kier alpha value is -4.07. The van der Waals surface area contributed by atoms with E-state index in [1.54, 1.807) is 25.2 Å². The number of pyridine rings is 1. The smallest absolute Gasteiger partial charge is 0.341 e. The monoisotopic (exact) mass is 491 g/mol. The number of aromatic nitrogens is 1. The van der Waals surface area contributed by atoms with E-state index in [4.69, 9.17) is 10.5 Å². The van der Waals surface area contributed by atoms with Crippen molar-refractivity contribution in [2.45, 2.75) is 30.9 Å². The summed E-state index contributed by atoms with van der Waals surface area (Å²) in [6, 6.07) is 7.20. The predicted molar refractivity (Wildman–Crippen MR) is 132 cm³/mol. The van der Waals surface area contributed by atoms with E-state index in [0.29, 0.717) is 35.2 Å². The molecule has 0 bridgehead atoms. The van der Waals surface area contributed by atoms with Gasteiger partial charge in [0, 0.05) is 42.7 Å². The molecule has 0 aliphatic carbocycles. The fraction of sp³-hybridized carbons (Fsp3) is 0.308. The van der Waals surface area contributed by atoms with Crippen molar-refractivity contribution in [3.63, 3.8) is 0 Å². The van der Waals surface area contributed by atoms with Crippen molar-refractivity contribution >= 4 is 23.8 Å². The molecule has 1 saturated heterocycles. The highest BCUT2D eigenvalue weighted by atomic mass is 19.1. The van der Waals surface area contributed by atoms with Gasteiger partial charge >= 0.3 is 6.03 Å². The number of nitrogens with zero attached hydrogens (tertiary/aromatic N) is 3. The summed E-state index contributed by atoms with van der Waals surface area (Å²) in [5, 5.41) is 12.7. The maximum Gasteiger partial charge on any atom is 0.341 e. The summed E-state index contributed by atoms with van der Waals surface area (Å²) in [6.07, 6.45) is 4.88. The summed E-state index contributed by atoms with van der Waals surface area (Å²) in [6.45, 7) is 0.353. The Morgan fingerprint density at radius 2 is 2.25 bits per heavy atom. The lowest BCUT2D eigenvalue weighted by Gasteiger charge is -2.30. The molecule has 4 rings (SSSR count). The first-order valence-electron chi connectivity index (χ1n) is 11.4. The van der Waals surface area contributed by atoms with E-state index in [-0.39, 0.29) is 25.5 Å². The number of likely N-dealkylation sites (N-methyl/N-ethyl adjacent to an activating group) is 1. The van der Waals surface area contributed by atoms with Crippen molar-refractivity contribution < 1.29 is 23.8 Å². The van der Waals surface area contributed by atoms with Gasteiger partial charge < -0.3 is 25.8 Å². The number of rotatable bonds is 4. The molecule has 2 aliphatic heterocycles. The molecule has 0 spiro atoms. The molecular formula is C26H26FN5O4. The average Bonchev–Trinajstić information content (AvgIpc) is 2.97. The second kappa shape index (κ2) is 10.7. The van der Waals surface area contributed by atoms with Crippen molar-refractivity contribution in [3.8, 4) is 11.8 Å². The molecule has 1 aromatic carbocycles. The first-order chi connectivity index (χ1) is 17.3. The largest absolute Gasteiger partial charge is 0.404 e. The van der Waals surface area contributed by atoms with Crippen LogP contribution in [0.3, 0.4) is 0 Å². The van der Waals surface area contributed by atoms with Crippen LogP contribution in [0.15, 0.2) is 53.3 Å². The minimum Gasteiger partial charge on any atom is -0.404 e. The molecule has 10 heteroatoms. The van der Waals surface area contributed by atoms with Crippen molar-refractivity contribution in [2.75, 3.05) is 25.2 Å². The van der Waals surface area contributed by atoms with Crippen LogP contribution in [0.5, 0.6) is 0 Å². The Kier molecular flexibility index (Phi) is 7.43. The molecular weight excluding hydrogens is 465 g/mol. The zero-order valence-corrected chi connectivity index (χ0v) is 19.7. The van der Waals surface area contributed by atoms with E-state index in [0.717, 1.165) is 5.56 Å². The van der Waals surface area contributed by atoms with Crippen molar-refractivity contribution in [2.24, 2.45) is 10.7 Å². The summed E-state index contributed by atoms with van der Waals surface area (Å²) in [4.78, 5) is 34.5. The summed E-state index contributed by atoms with van der Waals surface area (Å²) in [5.41, 5.74) is 7.50. The number of amides is 3. The molecule has 1 atom stereocenters. The third kappa shape index (κ3) is 5.76. The topological polar surface area (TPSA) is 130 Å². The first kappa shape index (κ1) is 25.0. The second-order valence-electron chi connectivity index (χ2n) is 8.69. The summed E-state index contributed by atoms with van der Waals surface area (Å²) in [5.74, 6) is 4.83. The van der Waals surface area contributed by atoms with Crippen LogP contribution in [0, 0.1) is 17.8 Å². The number of nitrogens with one attached hydrogen (secondary N) is 1. The van der Waals surface area contributed by atoms with Crippen LogP contribution in [0.25, 0.3) is 0 Å². The number of anilines is 1. The number of carbonyl (C=O) groups is 2. The van der Waals surface area contributed by atoms with Crippen LogP contribution < -0.4 is 16.0 Å². The highest BCUT2D eigenvalue weighted by Gasteiger charge is 2.34. The number of aryl methyl sites for hydroxylation is 1. The summed E-state index contributed by atoms with van der Waals surface area (Å²) < 4.78 is 18.8. The van der Waals surface area contributed by atoms with Gasteiger partial charge in [-0.2, -0.15) is 4.39 Å². The second-order valence-corrected chi connectivity index (χ2v) is 8.69. The molecule has 1 unspecified atom stereocenters. The number of benzene rings is 1. The lowest BCUT2D eigenvalue weighted by atomic mass is 10.0. The molecule has 1 fully saturated rings. The number of hydrogen-bond donors (Lipinski definition) is 3. The number of ether oxygens (including phenoxy) is 1. The van der Waals surface area contributed by atoms with Crippen molar-refractivity contribution in [3.05, 3.63) is 70.9 Å². The Morgan fingerprint density at radius 1 is 1.44 bits per heavy atom. The lowest BCUT2D eigenvalue weighted by molar-refractivity contribution is -0.140. The van der Waals surface area contributed by atoms with Gasteiger partial charge in [-0.1, -0.05) is 24.0 Å². The SMILES string of the molecule is CN1C(=O)C(NC(=O)N=CC(=CN)Cc2cccnc2F)CCc2ccc(C#CC3(O)COC3)cc21. The maximum absolute atomic E-state index is 13.8. The van der Waals surface area contributed by atoms with Gasteiger partial charge in [0.15, 0.2) is 5.60 Å². The van der Waals surface area contributed by atoms with Gasteiger partial charge in [0.25, 0.3) is 0 Å². The molecule has 2 aliphatic rings. The molecule has 36 heavy (non-hydrogen) atoms. The van der Waals surface area contributed by atoms with Crippen LogP contribution in [0.4, 0.5) is 14.9 Å². The van der Waals surface area contributed by atoms with Gasteiger partial charge in [0.1, 0.15) is 6.04 Å². The molecule has 3 amide bonds. The van der Waals surface area contributed by atoms with E-state index < -0.39 is 23.6 Å². The fourth-order valence-corrected chi connectivity index (χ4v) is 3.88. The number of allylic oxidation sites excluding steroid dienone is 1. The van der Waals surface area contributed by atoms with Gasteiger partial charge in [0.05, 0.1) is 13.2 Å². The molecule has 1 aromatic heterocycles. The quantitative estimate of drug-likeness (QED) is 0.337. The Bertz CT molecular complexity index is 1290. The molecule has 2 aromatic rings. The predicted octanol–water partition coefficient (Wildman–Crippen LogP) is 1.48. The highest BCUT2D eigenvalue weighted by molar-refractivity contribution is 6.01. The number of hydrogen-bond acceptors (Lipinski definition) is 6. The van der Waals surface area contributed by atoms with Crippen LogP contribution in [0.2, 0.25) is 0 Å². The molecule has 9 nitrogen and oxygen atoms in total. The maximum atomic E-state index is 13.8. The van der Waals surface area contributed by atoms with E-state index in [2.05, 4.69) is 27.1 Å². The van der Waals surface area contributed by atoms with E-state index in [9.17, 15) is 19.1 Å². The third-order valence-electron chi connectivity index (χ3n) is 5.99. The third-order valence-corrected chi connectivity index (χ3v) is 5.99. The average molecular weight is 492 g/mol. The van der Waals surface area contributed by atoms with Crippen molar-refractivity contribution in [1.29, 1.82) is 0 Å². The number of fused-ring (bicyclic) bond motifs is 1. The summed E-state index contributed by atoms with van der Waals surface area (Å²) in [7, 11) is 1.64. The van der Waals surface area contributed by atoms with Crippen LogP contribution in [0.1, 0.15) is 23.1 Å². The zero-order valence-electron chi connectivity index (χ0n) is 19.7. The minimum absolute atomic E-state index is 0.114. The van der Waals surface area contributed by atoms with Crippen LogP contribution >= 0.6 is 0 Å². The van der Waals surface area contributed by atoms with Gasteiger partial charge in [0.2, 0.25) is 11.9 Å².